The maximum absolute atomic E-state index is 12.3. The minimum atomic E-state index is 0. The third-order valence-corrected chi connectivity index (χ3v) is 4.44. The summed E-state index contributed by atoms with van der Waals surface area (Å²) in [5.41, 5.74) is 6.90. The molecule has 0 aliphatic heterocycles. The zero-order valence-electron chi connectivity index (χ0n) is 14.0. The quantitative estimate of drug-likeness (QED) is 0.802. The highest BCUT2D eigenvalue weighted by Gasteiger charge is 2.20. The summed E-state index contributed by atoms with van der Waals surface area (Å²) in [5, 5.41) is 3.19. The molecule has 1 saturated carbocycles. The number of halogens is 1. The van der Waals surface area contributed by atoms with Crippen molar-refractivity contribution in [2.45, 2.75) is 45.2 Å². The van der Waals surface area contributed by atoms with Crippen LogP contribution in [-0.4, -0.2) is 36.5 Å². The molecule has 1 aromatic rings. The fourth-order valence-electron chi connectivity index (χ4n) is 3.12. The summed E-state index contributed by atoms with van der Waals surface area (Å²) in [4.78, 5) is 14.4. The van der Waals surface area contributed by atoms with E-state index in [9.17, 15) is 4.79 Å². The molecular weight excluding hydrogens is 310 g/mol. The van der Waals surface area contributed by atoms with Crippen molar-refractivity contribution in [1.82, 2.24) is 10.2 Å². The van der Waals surface area contributed by atoms with Crippen LogP contribution in [0.15, 0.2) is 30.3 Å². The van der Waals surface area contributed by atoms with E-state index < -0.39 is 0 Å². The second-order valence-corrected chi connectivity index (χ2v) is 6.51. The normalized spacial score (nSPS) is 20.8. The standard InChI is InChI=1S/C18H29N3O.ClH/c1-15-7-9-17(10-8-15)20-18(22)14-21(12-11-19)13-16-5-3-2-4-6-16;/h2-6,15,17H,7-14,19H2,1H3,(H,20,22);1H. The van der Waals surface area contributed by atoms with Gasteiger partial charge < -0.3 is 11.1 Å². The second kappa shape index (κ2) is 10.6. The van der Waals surface area contributed by atoms with E-state index in [0.717, 1.165) is 31.8 Å². The molecule has 5 heteroatoms. The van der Waals surface area contributed by atoms with Crippen molar-refractivity contribution >= 4 is 18.3 Å². The number of nitrogens with zero attached hydrogens (tertiary/aromatic N) is 1. The topological polar surface area (TPSA) is 58.4 Å². The predicted molar refractivity (Wildman–Crippen MR) is 97.6 cm³/mol. The zero-order chi connectivity index (χ0) is 15.8. The van der Waals surface area contributed by atoms with Gasteiger partial charge in [-0.15, -0.1) is 12.4 Å². The van der Waals surface area contributed by atoms with Crippen LogP contribution in [-0.2, 0) is 11.3 Å². The van der Waals surface area contributed by atoms with Gasteiger partial charge in [-0.25, -0.2) is 0 Å². The summed E-state index contributed by atoms with van der Waals surface area (Å²) in [6.45, 7) is 4.80. The van der Waals surface area contributed by atoms with Gasteiger partial charge in [0.15, 0.2) is 0 Å². The summed E-state index contributed by atoms with van der Waals surface area (Å²) in [7, 11) is 0. The highest BCUT2D eigenvalue weighted by molar-refractivity contribution is 5.85. The Hall–Kier alpha value is -1.10. The molecule has 1 aliphatic carbocycles. The summed E-state index contributed by atoms with van der Waals surface area (Å²) in [5.74, 6) is 0.934. The SMILES string of the molecule is CC1CCC(NC(=O)CN(CCN)Cc2ccccc2)CC1.Cl. The van der Waals surface area contributed by atoms with Gasteiger partial charge in [0, 0.05) is 25.7 Å². The second-order valence-electron chi connectivity index (χ2n) is 6.51. The van der Waals surface area contributed by atoms with Crippen LogP contribution < -0.4 is 11.1 Å². The lowest BCUT2D eigenvalue weighted by atomic mass is 9.87. The first-order valence-electron chi connectivity index (χ1n) is 8.43. The number of hydrogen-bond acceptors (Lipinski definition) is 3. The monoisotopic (exact) mass is 339 g/mol. The molecule has 2 rings (SSSR count). The van der Waals surface area contributed by atoms with Crippen molar-refractivity contribution in [2.75, 3.05) is 19.6 Å². The van der Waals surface area contributed by atoms with Crippen molar-refractivity contribution < 1.29 is 4.79 Å². The fraction of sp³-hybridized carbons (Fsp3) is 0.611. The molecule has 0 atom stereocenters. The van der Waals surface area contributed by atoms with Crippen LogP contribution in [0.25, 0.3) is 0 Å². The molecule has 0 bridgehead atoms. The van der Waals surface area contributed by atoms with E-state index in [1.165, 1.54) is 18.4 Å². The number of benzene rings is 1. The van der Waals surface area contributed by atoms with Gasteiger partial charge in [0.05, 0.1) is 6.54 Å². The first-order chi connectivity index (χ1) is 10.7. The van der Waals surface area contributed by atoms with E-state index in [-0.39, 0.29) is 18.3 Å². The Labute approximate surface area is 146 Å². The van der Waals surface area contributed by atoms with E-state index in [0.29, 0.717) is 19.1 Å². The highest BCUT2D eigenvalue weighted by atomic mass is 35.5. The Morgan fingerprint density at radius 2 is 1.87 bits per heavy atom. The van der Waals surface area contributed by atoms with Crippen molar-refractivity contribution in [1.29, 1.82) is 0 Å². The van der Waals surface area contributed by atoms with Gasteiger partial charge in [-0.2, -0.15) is 0 Å². The predicted octanol–water partition coefficient (Wildman–Crippen LogP) is 2.56. The van der Waals surface area contributed by atoms with Gasteiger partial charge in [0.1, 0.15) is 0 Å². The Morgan fingerprint density at radius 3 is 2.48 bits per heavy atom. The van der Waals surface area contributed by atoms with Crippen LogP contribution in [0.2, 0.25) is 0 Å². The third kappa shape index (κ3) is 7.34. The number of rotatable bonds is 7. The minimum absolute atomic E-state index is 0. The number of carbonyl (C=O) groups excluding carboxylic acids is 1. The lowest BCUT2D eigenvalue weighted by Crippen LogP contribution is -2.44. The maximum atomic E-state index is 12.3. The molecule has 3 N–H and O–H groups in total. The van der Waals surface area contributed by atoms with Gasteiger partial charge in [0.25, 0.3) is 0 Å². The van der Waals surface area contributed by atoms with E-state index in [2.05, 4.69) is 29.3 Å². The molecule has 1 aliphatic rings. The van der Waals surface area contributed by atoms with Gasteiger partial charge in [-0.1, -0.05) is 37.3 Å². The molecule has 4 nitrogen and oxygen atoms in total. The lowest BCUT2D eigenvalue weighted by Gasteiger charge is -2.28. The number of carbonyl (C=O) groups is 1. The number of nitrogens with two attached hydrogens (primary N) is 1. The van der Waals surface area contributed by atoms with Gasteiger partial charge in [-0.05, 0) is 37.2 Å². The molecule has 1 amide bonds. The van der Waals surface area contributed by atoms with Crippen LogP contribution in [0.3, 0.4) is 0 Å². The van der Waals surface area contributed by atoms with Crippen LogP contribution in [0.4, 0.5) is 0 Å². The van der Waals surface area contributed by atoms with Crippen LogP contribution >= 0.6 is 12.4 Å². The summed E-state index contributed by atoms with van der Waals surface area (Å²) in [6.07, 6.45) is 4.67. The first-order valence-corrected chi connectivity index (χ1v) is 8.43. The smallest absolute Gasteiger partial charge is 0.234 e. The van der Waals surface area contributed by atoms with Crippen LogP contribution in [0, 0.1) is 5.92 Å². The van der Waals surface area contributed by atoms with E-state index in [1.807, 2.05) is 18.2 Å². The summed E-state index contributed by atoms with van der Waals surface area (Å²) in [6, 6.07) is 10.6. The number of amides is 1. The number of hydrogen-bond donors (Lipinski definition) is 2. The Bertz CT molecular complexity index is 447. The first kappa shape index (κ1) is 19.9. The summed E-state index contributed by atoms with van der Waals surface area (Å²) >= 11 is 0. The minimum Gasteiger partial charge on any atom is -0.352 e. The van der Waals surface area contributed by atoms with Crippen LogP contribution in [0.1, 0.15) is 38.2 Å². The Morgan fingerprint density at radius 1 is 1.22 bits per heavy atom. The Kier molecular flexibility index (Phi) is 9.22. The molecule has 0 unspecified atom stereocenters. The van der Waals surface area contributed by atoms with Gasteiger partial charge >= 0.3 is 0 Å². The Balaban J connectivity index is 0.00000264. The zero-order valence-corrected chi connectivity index (χ0v) is 14.9. The molecule has 0 radical (unpaired) electrons. The van der Waals surface area contributed by atoms with Crippen molar-refractivity contribution in [3.63, 3.8) is 0 Å². The van der Waals surface area contributed by atoms with Crippen LogP contribution in [0.5, 0.6) is 0 Å². The highest BCUT2D eigenvalue weighted by Crippen LogP contribution is 2.23. The molecule has 130 valence electrons. The molecule has 0 saturated heterocycles. The van der Waals surface area contributed by atoms with Crippen molar-refractivity contribution in [3.8, 4) is 0 Å². The molecule has 23 heavy (non-hydrogen) atoms. The maximum Gasteiger partial charge on any atom is 0.234 e. The van der Waals surface area contributed by atoms with E-state index in [4.69, 9.17) is 5.73 Å². The molecular formula is C18H30ClN3O. The van der Waals surface area contributed by atoms with E-state index in [1.54, 1.807) is 0 Å². The van der Waals surface area contributed by atoms with Gasteiger partial charge in [-0.3, -0.25) is 9.69 Å². The van der Waals surface area contributed by atoms with E-state index >= 15 is 0 Å². The molecule has 0 heterocycles. The molecule has 0 spiro atoms. The molecule has 1 aromatic carbocycles. The number of nitrogens with one attached hydrogen (secondary N) is 1. The lowest BCUT2D eigenvalue weighted by molar-refractivity contribution is -0.123. The summed E-state index contributed by atoms with van der Waals surface area (Å²) < 4.78 is 0. The van der Waals surface area contributed by atoms with Gasteiger partial charge in [0.2, 0.25) is 5.91 Å². The molecule has 0 aromatic heterocycles. The third-order valence-electron chi connectivity index (χ3n) is 4.44. The average Bonchev–Trinajstić information content (AvgIpc) is 2.51. The molecule has 1 fully saturated rings. The average molecular weight is 340 g/mol. The largest absolute Gasteiger partial charge is 0.352 e. The van der Waals surface area contributed by atoms with Crippen molar-refractivity contribution in [2.24, 2.45) is 11.7 Å². The fourth-order valence-corrected chi connectivity index (χ4v) is 3.12. The van der Waals surface area contributed by atoms with Crippen molar-refractivity contribution in [3.05, 3.63) is 35.9 Å².